The van der Waals surface area contributed by atoms with E-state index >= 15 is 0 Å². The predicted molar refractivity (Wildman–Crippen MR) is 47.5 cm³/mol. The summed E-state index contributed by atoms with van der Waals surface area (Å²) in [6.45, 7) is 4.57. The summed E-state index contributed by atoms with van der Waals surface area (Å²) in [6, 6.07) is 0. The van der Waals surface area contributed by atoms with Crippen LogP contribution in [0.15, 0.2) is 0 Å². The predicted octanol–water partition coefficient (Wildman–Crippen LogP) is 1.45. The molecule has 4 heteroatoms. The van der Waals surface area contributed by atoms with Gasteiger partial charge in [-0.1, -0.05) is 0 Å². The van der Waals surface area contributed by atoms with E-state index in [9.17, 15) is 5.11 Å². The van der Waals surface area contributed by atoms with Crippen LogP contribution in [0.1, 0.15) is 31.3 Å². The van der Waals surface area contributed by atoms with Gasteiger partial charge in [0.15, 0.2) is 0 Å². The first kappa shape index (κ1) is 8.56. The molecule has 1 fully saturated rings. The maximum atomic E-state index is 9.32. The van der Waals surface area contributed by atoms with Crippen molar-refractivity contribution >= 4 is 0 Å². The SMILES string of the molecule is Cc1[nH]c(C2(C)CCCO2)nc1O. The number of aryl methyl sites for hydroxylation is 1. The highest BCUT2D eigenvalue weighted by Gasteiger charge is 2.35. The van der Waals surface area contributed by atoms with Gasteiger partial charge >= 0.3 is 0 Å². The number of aromatic hydroxyl groups is 1. The van der Waals surface area contributed by atoms with Crippen molar-refractivity contribution in [2.24, 2.45) is 0 Å². The minimum absolute atomic E-state index is 0.0757. The van der Waals surface area contributed by atoms with Crippen molar-refractivity contribution in [2.45, 2.75) is 32.3 Å². The van der Waals surface area contributed by atoms with E-state index in [1.54, 1.807) is 6.92 Å². The largest absolute Gasteiger partial charge is 0.492 e. The second kappa shape index (κ2) is 2.73. The van der Waals surface area contributed by atoms with Gasteiger partial charge in [0.2, 0.25) is 5.88 Å². The van der Waals surface area contributed by atoms with Crippen LogP contribution < -0.4 is 0 Å². The summed E-state index contributed by atoms with van der Waals surface area (Å²) in [5.41, 5.74) is 0.373. The van der Waals surface area contributed by atoms with Gasteiger partial charge in [0.25, 0.3) is 0 Å². The van der Waals surface area contributed by atoms with Crippen LogP contribution in [0.25, 0.3) is 0 Å². The number of nitrogens with zero attached hydrogens (tertiary/aromatic N) is 1. The van der Waals surface area contributed by atoms with Gasteiger partial charge < -0.3 is 14.8 Å². The molecule has 1 atom stereocenters. The summed E-state index contributed by atoms with van der Waals surface area (Å²) in [7, 11) is 0. The number of hydrogen-bond acceptors (Lipinski definition) is 3. The Labute approximate surface area is 77.0 Å². The Morgan fingerprint density at radius 2 is 2.38 bits per heavy atom. The maximum Gasteiger partial charge on any atom is 0.232 e. The zero-order valence-electron chi connectivity index (χ0n) is 7.92. The van der Waals surface area contributed by atoms with E-state index < -0.39 is 0 Å². The highest BCUT2D eigenvalue weighted by Crippen LogP contribution is 2.34. The van der Waals surface area contributed by atoms with Crippen molar-refractivity contribution in [3.05, 3.63) is 11.5 Å². The first-order chi connectivity index (χ1) is 6.12. The molecule has 1 unspecified atom stereocenters. The Hall–Kier alpha value is -1.03. The first-order valence-electron chi connectivity index (χ1n) is 4.52. The summed E-state index contributed by atoms with van der Waals surface area (Å²) < 4.78 is 5.59. The van der Waals surface area contributed by atoms with Gasteiger partial charge in [-0.3, -0.25) is 0 Å². The summed E-state index contributed by atoms with van der Waals surface area (Å²) in [5.74, 6) is 0.812. The molecular weight excluding hydrogens is 168 g/mol. The van der Waals surface area contributed by atoms with Gasteiger partial charge in [-0.2, -0.15) is 4.98 Å². The van der Waals surface area contributed by atoms with Gasteiger partial charge in [-0.15, -0.1) is 0 Å². The van der Waals surface area contributed by atoms with Crippen molar-refractivity contribution in [1.29, 1.82) is 0 Å². The number of hydrogen-bond donors (Lipinski definition) is 2. The first-order valence-corrected chi connectivity index (χ1v) is 4.52. The van der Waals surface area contributed by atoms with E-state index in [1.807, 2.05) is 6.92 Å². The number of ether oxygens (including phenoxy) is 1. The van der Waals surface area contributed by atoms with E-state index in [0.29, 0.717) is 5.69 Å². The van der Waals surface area contributed by atoms with Crippen molar-refractivity contribution in [2.75, 3.05) is 6.61 Å². The van der Waals surface area contributed by atoms with E-state index in [1.165, 1.54) is 0 Å². The van der Waals surface area contributed by atoms with Crippen molar-refractivity contribution < 1.29 is 9.84 Å². The standard InChI is InChI=1S/C9H14N2O2/c1-6-7(12)11-8(10-6)9(2)4-3-5-13-9/h12H,3-5H2,1-2H3,(H,10,11). The fourth-order valence-corrected chi connectivity index (χ4v) is 1.67. The Kier molecular flexibility index (Phi) is 1.80. The molecule has 1 aromatic heterocycles. The minimum atomic E-state index is -0.328. The number of rotatable bonds is 1. The average Bonchev–Trinajstić information content (AvgIpc) is 2.62. The summed E-state index contributed by atoms with van der Waals surface area (Å²) in [4.78, 5) is 7.08. The Bertz CT molecular complexity index is 294. The molecule has 1 saturated heterocycles. The minimum Gasteiger partial charge on any atom is -0.492 e. The van der Waals surface area contributed by atoms with E-state index in [-0.39, 0.29) is 11.5 Å². The summed E-state index contributed by atoms with van der Waals surface area (Å²) in [5, 5.41) is 9.32. The van der Waals surface area contributed by atoms with Crippen LogP contribution in [-0.4, -0.2) is 21.7 Å². The molecule has 1 aromatic rings. The fourth-order valence-electron chi connectivity index (χ4n) is 1.67. The fraction of sp³-hybridized carbons (Fsp3) is 0.667. The van der Waals surface area contributed by atoms with Crippen LogP contribution in [0.2, 0.25) is 0 Å². The van der Waals surface area contributed by atoms with Gasteiger partial charge in [0, 0.05) is 6.61 Å². The van der Waals surface area contributed by atoms with Crippen LogP contribution in [0.5, 0.6) is 5.88 Å². The number of imidazole rings is 1. The molecule has 4 nitrogen and oxygen atoms in total. The normalized spacial score (nSPS) is 28.2. The molecule has 0 aromatic carbocycles. The molecule has 0 saturated carbocycles. The van der Waals surface area contributed by atoms with Crippen LogP contribution in [0.4, 0.5) is 0 Å². The molecule has 13 heavy (non-hydrogen) atoms. The Balaban J connectivity index is 2.34. The topological polar surface area (TPSA) is 58.1 Å². The molecule has 0 bridgehead atoms. The zero-order valence-corrected chi connectivity index (χ0v) is 7.92. The molecule has 0 spiro atoms. The second-order valence-electron chi connectivity index (χ2n) is 3.72. The molecule has 0 radical (unpaired) electrons. The molecule has 2 heterocycles. The van der Waals surface area contributed by atoms with Gasteiger partial charge in [0.1, 0.15) is 11.4 Å². The van der Waals surface area contributed by atoms with Gasteiger partial charge in [-0.25, -0.2) is 0 Å². The number of aromatic amines is 1. The van der Waals surface area contributed by atoms with E-state index in [2.05, 4.69) is 9.97 Å². The summed E-state index contributed by atoms with van der Waals surface area (Å²) >= 11 is 0. The lowest BCUT2D eigenvalue weighted by atomic mass is 10.0. The zero-order chi connectivity index (χ0) is 9.47. The lowest BCUT2D eigenvalue weighted by molar-refractivity contribution is 0.00976. The Morgan fingerprint density at radius 1 is 1.62 bits per heavy atom. The molecule has 1 aliphatic rings. The third kappa shape index (κ3) is 1.31. The smallest absolute Gasteiger partial charge is 0.232 e. The molecule has 2 N–H and O–H groups in total. The maximum absolute atomic E-state index is 9.32. The molecular formula is C9H14N2O2. The second-order valence-corrected chi connectivity index (χ2v) is 3.72. The number of aromatic nitrogens is 2. The van der Waals surface area contributed by atoms with Crippen molar-refractivity contribution in [3.8, 4) is 5.88 Å². The third-order valence-corrected chi connectivity index (χ3v) is 2.58. The van der Waals surface area contributed by atoms with Crippen LogP contribution >= 0.6 is 0 Å². The molecule has 0 aliphatic carbocycles. The van der Waals surface area contributed by atoms with Crippen LogP contribution in [0, 0.1) is 6.92 Å². The van der Waals surface area contributed by atoms with Gasteiger partial charge in [0.05, 0.1) is 5.69 Å². The van der Waals surface area contributed by atoms with Gasteiger partial charge in [-0.05, 0) is 26.7 Å². The third-order valence-electron chi connectivity index (χ3n) is 2.58. The van der Waals surface area contributed by atoms with E-state index in [0.717, 1.165) is 25.3 Å². The lowest BCUT2D eigenvalue weighted by Crippen LogP contribution is -2.21. The van der Waals surface area contributed by atoms with Crippen LogP contribution in [-0.2, 0) is 10.3 Å². The monoisotopic (exact) mass is 182 g/mol. The average molecular weight is 182 g/mol. The molecule has 1 aliphatic heterocycles. The van der Waals surface area contributed by atoms with Crippen molar-refractivity contribution in [1.82, 2.24) is 9.97 Å². The van der Waals surface area contributed by atoms with Crippen molar-refractivity contribution in [3.63, 3.8) is 0 Å². The van der Waals surface area contributed by atoms with E-state index in [4.69, 9.17) is 4.74 Å². The van der Waals surface area contributed by atoms with Crippen LogP contribution in [0.3, 0.4) is 0 Å². The summed E-state index contributed by atoms with van der Waals surface area (Å²) in [6.07, 6.45) is 2.01. The quantitative estimate of drug-likeness (QED) is 0.691. The highest BCUT2D eigenvalue weighted by molar-refractivity contribution is 5.20. The molecule has 72 valence electrons. The molecule has 0 amide bonds. The Morgan fingerprint density at radius 3 is 2.85 bits per heavy atom. The molecule has 2 rings (SSSR count). The number of nitrogens with one attached hydrogen (secondary N) is 1. The lowest BCUT2D eigenvalue weighted by Gasteiger charge is -2.19. The highest BCUT2D eigenvalue weighted by atomic mass is 16.5. The number of H-pyrrole nitrogens is 1.